The van der Waals surface area contributed by atoms with Crippen LogP contribution in [0.5, 0.6) is 0 Å². The average molecular weight is 329 g/mol. The molecule has 1 N–H and O–H groups in total. The molecule has 0 spiro atoms. The molecule has 0 aromatic heterocycles. The predicted molar refractivity (Wildman–Crippen MR) is 89.2 cm³/mol. The molecule has 0 radical (unpaired) electrons. The van der Waals surface area contributed by atoms with E-state index in [1.165, 1.54) is 0 Å². The van der Waals surface area contributed by atoms with E-state index in [0.717, 1.165) is 38.7 Å². The Morgan fingerprint density at radius 3 is 2.64 bits per heavy atom. The largest absolute Gasteiger partial charge is 0.432 e. The molecule has 2 fully saturated rings. The number of ketones is 1. The first-order valence-electron chi connectivity index (χ1n) is 8.68. The summed E-state index contributed by atoms with van der Waals surface area (Å²) >= 11 is 0. The van der Waals surface area contributed by atoms with Crippen LogP contribution in [0.1, 0.15) is 58.8 Å². The van der Waals surface area contributed by atoms with E-state index in [0.29, 0.717) is 24.5 Å². The Bertz CT molecular complexity index is 383. The molecule has 0 bridgehead atoms. The van der Waals surface area contributed by atoms with Gasteiger partial charge in [-0.1, -0.05) is 13.8 Å². The molecule has 0 aromatic carbocycles. The van der Waals surface area contributed by atoms with Crippen molar-refractivity contribution < 1.29 is 19.1 Å². The minimum absolute atomic E-state index is 0.00591. The topological polar surface area (TPSA) is 55.8 Å². The SMILES string of the molecule is CC(C)(C[C@H]1CC(=O)C[C@@H](OC2CCCCO2)C1)[Si](C)(C)O. The van der Waals surface area contributed by atoms with Crippen LogP contribution in [0.3, 0.4) is 0 Å². The van der Waals surface area contributed by atoms with Gasteiger partial charge in [-0.3, -0.25) is 4.79 Å². The van der Waals surface area contributed by atoms with Crippen LogP contribution in [0.2, 0.25) is 18.1 Å². The molecule has 3 atom stereocenters. The van der Waals surface area contributed by atoms with Crippen molar-refractivity contribution in [1.82, 2.24) is 0 Å². The van der Waals surface area contributed by atoms with Crippen molar-refractivity contribution in [1.29, 1.82) is 0 Å². The summed E-state index contributed by atoms with van der Waals surface area (Å²) in [7, 11) is -2.23. The van der Waals surface area contributed by atoms with E-state index >= 15 is 0 Å². The van der Waals surface area contributed by atoms with Crippen LogP contribution in [-0.4, -0.2) is 37.9 Å². The molecule has 22 heavy (non-hydrogen) atoms. The highest BCUT2D eigenvalue weighted by molar-refractivity contribution is 6.72. The number of hydrogen-bond acceptors (Lipinski definition) is 4. The zero-order valence-electron chi connectivity index (χ0n) is 14.6. The maximum atomic E-state index is 12.1. The van der Waals surface area contributed by atoms with Gasteiger partial charge in [0.25, 0.3) is 0 Å². The van der Waals surface area contributed by atoms with Crippen molar-refractivity contribution in [2.45, 2.75) is 89.3 Å². The van der Waals surface area contributed by atoms with Crippen molar-refractivity contribution in [2.24, 2.45) is 5.92 Å². The number of rotatable bonds is 5. The van der Waals surface area contributed by atoms with E-state index in [-0.39, 0.29) is 17.4 Å². The van der Waals surface area contributed by atoms with Crippen molar-refractivity contribution in [3.05, 3.63) is 0 Å². The number of carbonyl (C=O) groups is 1. The second-order valence-corrected chi connectivity index (χ2v) is 12.7. The molecule has 1 unspecified atom stereocenters. The Kier molecular flexibility index (Phi) is 5.86. The Labute approximate surface area is 135 Å². The van der Waals surface area contributed by atoms with Gasteiger partial charge >= 0.3 is 0 Å². The van der Waals surface area contributed by atoms with Crippen LogP contribution < -0.4 is 0 Å². The highest BCUT2D eigenvalue weighted by Gasteiger charge is 2.41. The zero-order chi connectivity index (χ0) is 16.4. The van der Waals surface area contributed by atoms with Gasteiger partial charge in [-0.05, 0) is 56.2 Å². The maximum absolute atomic E-state index is 12.1. The Balaban J connectivity index is 1.91. The van der Waals surface area contributed by atoms with Crippen LogP contribution >= 0.6 is 0 Å². The number of carbonyl (C=O) groups excluding carboxylic acids is 1. The van der Waals surface area contributed by atoms with Gasteiger partial charge in [-0.2, -0.15) is 0 Å². The van der Waals surface area contributed by atoms with E-state index in [2.05, 4.69) is 13.8 Å². The van der Waals surface area contributed by atoms with Gasteiger partial charge in [0.15, 0.2) is 14.6 Å². The zero-order valence-corrected chi connectivity index (χ0v) is 15.6. The second-order valence-electron chi connectivity index (χ2n) is 8.25. The minimum atomic E-state index is -2.23. The first kappa shape index (κ1) is 18.1. The summed E-state index contributed by atoms with van der Waals surface area (Å²) < 4.78 is 11.7. The number of ether oxygens (including phenoxy) is 2. The fraction of sp³-hybridized carbons (Fsp3) is 0.941. The third-order valence-electron chi connectivity index (χ3n) is 5.51. The summed E-state index contributed by atoms with van der Waals surface area (Å²) in [5, 5.41) is -0.0822. The van der Waals surface area contributed by atoms with Gasteiger partial charge in [0.1, 0.15) is 5.78 Å². The lowest BCUT2D eigenvalue weighted by molar-refractivity contribution is -0.196. The van der Waals surface area contributed by atoms with Crippen LogP contribution in [-0.2, 0) is 14.3 Å². The first-order chi connectivity index (χ1) is 10.2. The van der Waals surface area contributed by atoms with Crippen LogP contribution in [0.25, 0.3) is 0 Å². The fourth-order valence-corrected chi connectivity index (χ4v) is 4.25. The molecule has 1 aliphatic carbocycles. The normalized spacial score (nSPS) is 31.3. The lowest BCUT2D eigenvalue weighted by Crippen LogP contribution is -2.42. The maximum Gasteiger partial charge on any atom is 0.188 e. The van der Waals surface area contributed by atoms with Crippen LogP contribution in [0.4, 0.5) is 0 Å². The molecule has 1 heterocycles. The smallest absolute Gasteiger partial charge is 0.188 e. The van der Waals surface area contributed by atoms with E-state index < -0.39 is 8.32 Å². The van der Waals surface area contributed by atoms with Gasteiger partial charge in [0, 0.05) is 19.4 Å². The Hall–Kier alpha value is -0.233. The summed E-state index contributed by atoms with van der Waals surface area (Å²) in [5.74, 6) is 0.619. The summed E-state index contributed by atoms with van der Waals surface area (Å²) in [5.41, 5.74) is 0. The quantitative estimate of drug-likeness (QED) is 0.783. The first-order valence-corrected chi connectivity index (χ1v) is 11.6. The Morgan fingerprint density at radius 2 is 2.05 bits per heavy atom. The summed E-state index contributed by atoms with van der Waals surface area (Å²) in [6, 6.07) is 0. The van der Waals surface area contributed by atoms with Gasteiger partial charge in [-0.15, -0.1) is 0 Å². The summed E-state index contributed by atoms with van der Waals surface area (Å²) in [6.45, 7) is 9.02. The van der Waals surface area contributed by atoms with E-state index in [1.807, 2.05) is 13.1 Å². The second kappa shape index (κ2) is 7.12. The molecule has 1 saturated carbocycles. The predicted octanol–water partition coefficient (Wildman–Crippen LogP) is 3.64. The van der Waals surface area contributed by atoms with Crippen molar-refractivity contribution in [3.63, 3.8) is 0 Å². The molecule has 1 aliphatic heterocycles. The minimum Gasteiger partial charge on any atom is -0.432 e. The van der Waals surface area contributed by atoms with Gasteiger partial charge in [0.2, 0.25) is 0 Å². The molecule has 2 aliphatic rings. The third-order valence-corrected chi connectivity index (χ3v) is 9.02. The number of hydrogen-bond donors (Lipinski definition) is 1. The van der Waals surface area contributed by atoms with Crippen molar-refractivity contribution in [2.75, 3.05) is 6.61 Å². The third kappa shape index (κ3) is 4.88. The molecule has 0 amide bonds. The Morgan fingerprint density at radius 1 is 1.32 bits per heavy atom. The average Bonchev–Trinajstić information content (AvgIpc) is 2.37. The van der Waals surface area contributed by atoms with Crippen molar-refractivity contribution in [3.8, 4) is 0 Å². The van der Waals surface area contributed by atoms with Gasteiger partial charge in [0.05, 0.1) is 6.10 Å². The van der Waals surface area contributed by atoms with E-state index in [9.17, 15) is 9.59 Å². The molecule has 4 nitrogen and oxygen atoms in total. The summed E-state index contributed by atoms with van der Waals surface area (Å²) in [4.78, 5) is 22.6. The molecule has 1 saturated heterocycles. The van der Waals surface area contributed by atoms with Gasteiger partial charge in [-0.25, -0.2) is 0 Å². The highest BCUT2D eigenvalue weighted by Crippen LogP contribution is 2.44. The van der Waals surface area contributed by atoms with E-state index in [4.69, 9.17) is 9.47 Å². The molecular formula is C17H32O4Si. The monoisotopic (exact) mass is 328 g/mol. The highest BCUT2D eigenvalue weighted by atomic mass is 28.4. The lowest BCUT2D eigenvalue weighted by atomic mass is 9.81. The summed E-state index contributed by atoms with van der Waals surface area (Å²) in [6.07, 6.45) is 6.05. The van der Waals surface area contributed by atoms with Crippen LogP contribution in [0.15, 0.2) is 0 Å². The molecule has 128 valence electrons. The molecule has 2 rings (SSSR count). The van der Waals surface area contributed by atoms with Crippen LogP contribution in [0, 0.1) is 5.92 Å². The van der Waals surface area contributed by atoms with Crippen molar-refractivity contribution >= 4 is 14.1 Å². The lowest BCUT2D eigenvalue weighted by Gasteiger charge is -2.40. The standard InChI is InChI=1S/C17H32O4Si/c1-17(2,22(3,4)19)12-13-9-14(18)11-15(10-13)21-16-7-5-6-8-20-16/h13,15-16,19H,5-12H2,1-4H3/t13-,15-,16?/m0/s1. The fourth-order valence-electron chi connectivity index (χ4n) is 3.46. The van der Waals surface area contributed by atoms with E-state index in [1.54, 1.807) is 0 Å². The molecular weight excluding hydrogens is 296 g/mol. The molecule has 0 aromatic rings. The van der Waals surface area contributed by atoms with Gasteiger partial charge < -0.3 is 14.3 Å². The number of Topliss-reactive ketones (excluding diaryl/α,β-unsaturated/α-hetero) is 1. The molecule has 5 heteroatoms.